The number of halogens is 1. The maximum absolute atomic E-state index is 14.5. The number of nitriles is 1. The smallest absolute Gasteiger partial charge is 0.253 e. The predicted octanol–water partition coefficient (Wildman–Crippen LogP) is 3.54. The Morgan fingerprint density at radius 3 is 2.75 bits per heavy atom. The van der Waals surface area contributed by atoms with E-state index < -0.39 is 5.82 Å². The SMILES string of the molecule is Cc1cc(C(=O)N2CCC3(CC2)CC(=O)N(c2ccc(C#N)cc2F)C3)cc2cn[nH]c12. The molecule has 0 unspecified atom stereocenters. The molecule has 2 aliphatic heterocycles. The van der Waals surface area contributed by atoms with Gasteiger partial charge in [-0.05, 0) is 55.7 Å². The summed E-state index contributed by atoms with van der Waals surface area (Å²) in [6.07, 6.45) is 3.43. The average molecular weight is 431 g/mol. The largest absolute Gasteiger partial charge is 0.339 e. The molecule has 1 N–H and O–H groups in total. The number of likely N-dealkylation sites (tertiary alicyclic amines) is 1. The van der Waals surface area contributed by atoms with Crippen molar-refractivity contribution in [3.05, 3.63) is 59.0 Å². The molecule has 1 spiro atoms. The van der Waals surface area contributed by atoms with Gasteiger partial charge in [0.1, 0.15) is 5.82 Å². The minimum Gasteiger partial charge on any atom is -0.339 e. The summed E-state index contributed by atoms with van der Waals surface area (Å²) in [5, 5.41) is 16.8. The van der Waals surface area contributed by atoms with Crippen molar-refractivity contribution >= 4 is 28.4 Å². The molecule has 7 nitrogen and oxygen atoms in total. The molecule has 162 valence electrons. The maximum Gasteiger partial charge on any atom is 0.253 e. The Bertz CT molecular complexity index is 1280. The first kappa shape index (κ1) is 20.2. The normalized spacial score (nSPS) is 17.8. The lowest BCUT2D eigenvalue weighted by atomic mass is 9.77. The molecule has 0 bridgehead atoms. The zero-order chi connectivity index (χ0) is 22.5. The van der Waals surface area contributed by atoms with Gasteiger partial charge >= 0.3 is 0 Å². The number of hydrogen-bond donors (Lipinski definition) is 1. The van der Waals surface area contributed by atoms with Crippen molar-refractivity contribution in [2.24, 2.45) is 5.41 Å². The molecule has 5 rings (SSSR count). The summed E-state index contributed by atoms with van der Waals surface area (Å²) in [7, 11) is 0. The third-order valence-corrected chi connectivity index (χ3v) is 6.79. The number of nitrogens with one attached hydrogen (secondary N) is 1. The van der Waals surface area contributed by atoms with E-state index in [1.54, 1.807) is 6.20 Å². The van der Waals surface area contributed by atoms with Crippen molar-refractivity contribution in [3.8, 4) is 6.07 Å². The van der Waals surface area contributed by atoms with E-state index in [-0.39, 0.29) is 28.5 Å². The van der Waals surface area contributed by atoms with Crippen LogP contribution in [0.4, 0.5) is 10.1 Å². The maximum atomic E-state index is 14.5. The molecule has 8 heteroatoms. The molecule has 2 saturated heterocycles. The number of aryl methyl sites for hydroxylation is 1. The number of aromatic nitrogens is 2. The van der Waals surface area contributed by atoms with Crippen molar-refractivity contribution in [1.82, 2.24) is 15.1 Å². The fourth-order valence-electron chi connectivity index (χ4n) is 4.97. The zero-order valence-corrected chi connectivity index (χ0v) is 17.7. The summed E-state index contributed by atoms with van der Waals surface area (Å²) >= 11 is 0. The highest BCUT2D eigenvalue weighted by atomic mass is 19.1. The molecule has 3 heterocycles. The zero-order valence-electron chi connectivity index (χ0n) is 17.7. The van der Waals surface area contributed by atoms with Crippen molar-refractivity contribution in [3.63, 3.8) is 0 Å². The molecule has 0 atom stereocenters. The van der Waals surface area contributed by atoms with Crippen LogP contribution in [0.25, 0.3) is 10.9 Å². The molecule has 2 fully saturated rings. The number of nitrogens with zero attached hydrogens (tertiary/aromatic N) is 4. The van der Waals surface area contributed by atoms with Gasteiger partial charge in [-0.1, -0.05) is 0 Å². The Morgan fingerprint density at radius 2 is 2.03 bits per heavy atom. The molecule has 2 aliphatic rings. The van der Waals surface area contributed by atoms with E-state index in [2.05, 4.69) is 10.2 Å². The van der Waals surface area contributed by atoms with E-state index >= 15 is 0 Å². The molecular formula is C24H22FN5O2. The van der Waals surface area contributed by atoms with E-state index in [0.717, 1.165) is 22.5 Å². The summed E-state index contributed by atoms with van der Waals surface area (Å²) in [6, 6.07) is 9.82. The molecule has 0 aliphatic carbocycles. The van der Waals surface area contributed by atoms with Gasteiger partial charge < -0.3 is 9.80 Å². The fourth-order valence-corrected chi connectivity index (χ4v) is 4.97. The quantitative estimate of drug-likeness (QED) is 0.672. The number of benzene rings is 2. The highest BCUT2D eigenvalue weighted by Crippen LogP contribution is 2.43. The van der Waals surface area contributed by atoms with Gasteiger partial charge in [-0.2, -0.15) is 10.4 Å². The molecule has 32 heavy (non-hydrogen) atoms. The van der Waals surface area contributed by atoms with Crippen LogP contribution in [0.15, 0.2) is 36.5 Å². The van der Waals surface area contributed by atoms with E-state index in [1.807, 2.05) is 30.0 Å². The number of anilines is 1. The highest BCUT2D eigenvalue weighted by Gasteiger charge is 2.46. The summed E-state index contributed by atoms with van der Waals surface area (Å²) in [6.45, 7) is 3.48. The van der Waals surface area contributed by atoms with Crippen LogP contribution in [0.2, 0.25) is 0 Å². The summed E-state index contributed by atoms with van der Waals surface area (Å²) in [5.41, 5.74) is 2.71. The third-order valence-electron chi connectivity index (χ3n) is 6.79. The van der Waals surface area contributed by atoms with Gasteiger partial charge in [-0.15, -0.1) is 0 Å². The molecule has 0 saturated carbocycles. The fraction of sp³-hybridized carbons (Fsp3) is 0.333. The first-order valence-electron chi connectivity index (χ1n) is 10.6. The molecule has 3 aromatic rings. The Morgan fingerprint density at radius 1 is 1.25 bits per heavy atom. The molecule has 0 radical (unpaired) electrons. The van der Waals surface area contributed by atoms with Crippen LogP contribution in [0.3, 0.4) is 0 Å². The molecule has 1 aromatic heterocycles. The van der Waals surface area contributed by atoms with Crippen molar-refractivity contribution < 1.29 is 14.0 Å². The van der Waals surface area contributed by atoms with Gasteiger partial charge in [-0.3, -0.25) is 14.7 Å². The second kappa shape index (κ2) is 7.45. The standard InChI is InChI=1S/C24H22FN5O2/c1-15-8-17(10-18-13-27-28-22(15)18)23(32)29-6-4-24(5-7-29)11-21(31)30(14-24)20-3-2-16(12-26)9-19(20)25/h2-3,8-10,13H,4-7,11,14H2,1H3,(H,27,28). The number of carbonyl (C=O) groups excluding carboxylic acids is 2. The molecule has 2 aromatic carbocycles. The van der Waals surface area contributed by atoms with E-state index in [0.29, 0.717) is 44.5 Å². The van der Waals surface area contributed by atoms with Crippen molar-refractivity contribution in [2.45, 2.75) is 26.2 Å². The predicted molar refractivity (Wildman–Crippen MR) is 116 cm³/mol. The van der Waals surface area contributed by atoms with Gasteiger partial charge in [0.15, 0.2) is 0 Å². The second-order valence-electron chi connectivity index (χ2n) is 8.85. The third kappa shape index (κ3) is 3.30. The minimum atomic E-state index is -0.563. The number of H-pyrrole nitrogens is 1. The van der Waals surface area contributed by atoms with Gasteiger partial charge in [0.2, 0.25) is 5.91 Å². The molecule has 2 amide bonds. The average Bonchev–Trinajstić information content (AvgIpc) is 3.38. The number of piperidine rings is 1. The van der Waals surface area contributed by atoms with Gasteiger partial charge in [0, 0.05) is 42.4 Å². The Hall–Kier alpha value is -3.73. The minimum absolute atomic E-state index is 0.0228. The number of hydrogen-bond acceptors (Lipinski definition) is 4. The molecular weight excluding hydrogens is 409 g/mol. The Balaban J connectivity index is 1.30. The van der Waals surface area contributed by atoms with Crippen LogP contribution in [-0.4, -0.2) is 46.5 Å². The van der Waals surface area contributed by atoms with Crippen LogP contribution < -0.4 is 4.90 Å². The lowest BCUT2D eigenvalue weighted by Crippen LogP contribution is -2.44. The van der Waals surface area contributed by atoms with E-state index in [1.165, 1.54) is 17.0 Å². The van der Waals surface area contributed by atoms with Crippen LogP contribution in [-0.2, 0) is 4.79 Å². The summed E-state index contributed by atoms with van der Waals surface area (Å²) in [5.74, 6) is -0.702. The number of amides is 2. The first-order valence-corrected chi connectivity index (χ1v) is 10.6. The van der Waals surface area contributed by atoms with Crippen molar-refractivity contribution in [2.75, 3.05) is 24.5 Å². The Labute approximate surface area is 184 Å². The number of fused-ring (bicyclic) bond motifs is 1. The van der Waals surface area contributed by atoms with Crippen molar-refractivity contribution in [1.29, 1.82) is 5.26 Å². The van der Waals surface area contributed by atoms with Crippen LogP contribution in [0, 0.1) is 29.5 Å². The first-order chi connectivity index (χ1) is 15.4. The van der Waals surface area contributed by atoms with Crippen LogP contribution >= 0.6 is 0 Å². The lowest BCUT2D eigenvalue weighted by molar-refractivity contribution is -0.118. The van der Waals surface area contributed by atoms with Crippen LogP contribution in [0.1, 0.15) is 40.7 Å². The van der Waals surface area contributed by atoms with Gasteiger partial charge in [0.05, 0.1) is 29.0 Å². The van der Waals surface area contributed by atoms with Gasteiger partial charge in [0.25, 0.3) is 5.91 Å². The van der Waals surface area contributed by atoms with E-state index in [9.17, 15) is 14.0 Å². The second-order valence-corrected chi connectivity index (χ2v) is 8.85. The lowest BCUT2D eigenvalue weighted by Gasteiger charge is -2.38. The number of rotatable bonds is 2. The summed E-state index contributed by atoms with van der Waals surface area (Å²) in [4.78, 5) is 29.2. The Kier molecular flexibility index (Phi) is 4.70. The van der Waals surface area contributed by atoms with E-state index in [4.69, 9.17) is 5.26 Å². The van der Waals surface area contributed by atoms with Crippen LogP contribution in [0.5, 0.6) is 0 Å². The highest BCUT2D eigenvalue weighted by molar-refractivity contribution is 5.99. The number of carbonyl (C=O) groups is 2. The number of aromatic amines is 1. The monoisotopic (exact) mass is 431 g/mol. The topological polar surface area (TPSA) is 93.1 Å². The summed E-state index contributed by atoms with van der Waals surface area (Å²) < 4.78 is 14.5. The van der Waals surface area contributed by atoms with Gasteiger partial charge in [-0.25, -0.2) is 4.39 Å².